The van der Waals surface area contributed by atoms with E-state index in [1.165, 1.54) is 0 Å². The van der Waals surface area contributed by atoms with E-state index < -0.39 is 23.3 Å². The lowest BCUT2D eigenvalue weighted by molar-refractivity contribution is 0.0505. The minimum atomic E-state index is -0.873. The van der Waals surface area contributed by atoms with E-state index in [0.29, 0.717) is 23.6 Å². The largest absolute Gasteiger partial charge is 0.505 e. The standard InChI is InChI=1S/C32H37ClFN7O4/c1-16-9-27(44-6)37-17(2)28(16)18-10-25-29(38-19-7-8-20(11-19)39-31(43)45-32(3,4)5)21(14-36-41(25)15-18)30(35)40-24-13-23(34)26(42)12-22(24)33/h9-10,12-15,19-20,38,42H,7-8,11H2,1-6H3,(H2,35,40)(H,39,43)/t19-,20+/m1/s1. The zero-order valence-electron chi connectivity index (χ0n) is 26.0. The molecule has 3 aromatic heterocycles. The first-order valence-electron chi connectivity index (χ1n) is 14.5. The van der Waals surface area contributed by atoms with Gasteiger partial charge in [-0.15, -0.1) is 0 Å². The SMILES string of the molecule is COc1cc(C)c(-c2cc3c(N[C@@H]4CC[C@H](NC(=O)OC(C)(C)C)C4)c(C(N)=Nc4cc(F)c(O)cc4Cl)cnn3c2)c(C)n1. The molecule has 1 aliphatic carbocycles. The van der Waals surface area contributed by atoms with Crippen LogP contribution in [0.25, 0.3) is 16.6 Å². The van der Waals surface area contributed by atoms with Gasteiger partial charge in [0.05, 0.1) is 40.8 Å². The molecule has 4 aromatic rings. The number of halogens is 2. The molecule has 5 rings (SSSR count). The summed E-state index contributed by atoms with van der Waals surface area (Å²) in [5, 5.41) is 20.9. The van der Waals surface area contributed by atoms with E-state index in [2.05, 4.69) is 25.7 Å². The Kier molecular flexibility index (Phi) is 8.79. The van der Waals surface area contributed by atoms with Crippen molar-refractivity contribution in [3.63, 3.8) is 0 Å². The average Bonchev–Trinajstić information content (AvgIpc) is 3.57. The normalized spacial score (nSPS) is 17.0. The van der Waals surface area contributed by atoms with Gasteiger partial charge in [-0.2, -0.15) is 5.10 Å². The number of fused-ring (bicyclic) bond motifs is 1. The van der Waals surface area contributed by atoms with E-state index in [1.807, 2.05) is 52.9 Å². The molecule has 1 fully saturated rings. The zero-order chi connectivity index (χ0) is 32.6. The predicted octanol–water partition coefficient (Wildman–Crippen LogP) is 6.41. The molecule has 0 unspecified atom stereocenters. The lowest BCUT2D eigenvalue weighted by atomic mass is 10.0. The molecule has 11 nitrogen and oxygen atoms in total. The smallest absolute Gasteiger partial charge is 0.407 e. The fourth-order valence-electron chi connectivity index (χ4n) is 5.60. The number of nitrogens with two attached hydrogens (primary N) is 1. The summed E-state index contributed by atoms with van der Waals surface area (Å²) in [5.74, 6) is -0.882. The number of alkyl carbamates (subject to hydrolysis) is 1. The number of hydrogen-bond acceptors (Lipinski definition) is 8. The number of nitrogens with zero attached hydrogens (tertiary/aromatic N) is 4. The van der Waals surface area contributed by atoms with Crippen LogP contribution in [0, 0.1) is 19.7 Å². The Hall–Kier alpha value is -4.58. The number of amidine groups is 1. The van der Waals surface area contributed by atoms with E-state index in [4.69, 9.17) is 26.8 Å². The topological polar surface area (TPSA) is 148 Å². The van der Waals surface area contributed by atoms with Gasteiger partial charge in [0.1, 0.15) is 11.4 Å². The molecular weight excluding hydrogens is 601 g/mol. The number of aromatic nitrogens is 3. The molecule has 13 heteroatoms. The summed E-state index contributed by atoms with van der Waals surface area (Å²) in [6.07, 6.45) is 5.21. The Morgan fingerprint density at radius 3 is 2.62 bits per heavy atom. The highest BCUT2D eigenvalue weighted by Gasteiger charge is 2.29. The van der Waals surface area contributed by atoms with E-state index in [1.54, 1.807) is 17.8 Å². The van der Waals surface area contributed by atoms with Crippen LogP contribution in [-0.2, 0) is 4.74 Å². The van der Waals surface area contributed by atoms with Crippen LogP contribution in [-0.4, -0.2) is 56.4 Å². The number of aliphatic imine (C=N–C) groups is 1. The summed E-state index contributed by atoms with van der Waals surface area (Å²) >= 11 is 6.24. The maximum atomic E-state index is 14.2. The van der Waals surface area contributed by atoms with Crippen LogP contribution >= 0.6 is 11.6 Å². The number of amides is 1. The molecule has 1 aliphatic rings. The number of phenols is 1. The minimum Gasteiger partial charge on any atom is -0.505 e. The summed E-state index contributed by atoms with van der Waals surface area (Å²) in [4.78, 5) is 21.4. The maximum absolute atomic E-state index is 14.2. The van der Waals surface area contributed by atoms with Crippen LogP contribution in [0.3, 0.4) is 0 Å². The van der Waals surface area contributed by atoms with Gasteiger partial charge in [-0.1, -0.05) is 11.6 Å². The average molecular weight is 638 g/mol. The quantitative estimate of drug-likeness (QED) is 0.134. The lowest BCUT2D eigenvalue weighted by Gasteiger charge is -2.22. The van der Waals surface area contributed by atoms with Crippen molar-refractivity contribution in [2.24, 2.45) is 10.7 Å². The summed E-state index contributed by atoms with van der Waals surface area (Å²) in [6, 6.07) is 5.86. The number of aryl methyl sites for hydroxylation is 2. The third-order valence-corrected chi connectivity index (χ3v) is 7.85. The number of aromatic hydroxyl groups is 1. The van der Waals surface area contributed by atoms with Crippen molar-refractivity contribution in [1.82, 2.24) is 19.9 Å². The van der Waals surface area contributed by atoms with Crippen LogP contribution in [0.4, 0.5) is 20.6 Å². The van der Waals surface area contributed by atoms with Gasteiger partial charge >= 0.3 is 6.09 Å². The number of ether oxygens (including phenoxy) is 2. The van der Waals surface area contributed by atoms with Gasteiger partial charge in [0, 0.05) is 53.3 Å². The number of nitrogens with one attached hydrogen (secondary N) is 2. The Morgan fingerprint density at radius 1 is 1.20 bits per heavy atom. The molecule has 45 heavy (non-hydrogen) atoms. The summed E-state index contributed by atoms with van der Waals surface area (Å²) in [6.45, 7) is 9.39. The molecule has 1 aromatic carbocycles. The number of rotatable bonds is 7. The van der Waals surface area contributed by atoms with E-state index in [9.17, 15) is 14.3 Å². The third-order valence-electron chi connectivity index (χ3n) is 7.54. The van der Waals surface area contributed by atoms with Crippen LogP contribution in [0.1, 0.15) is 56.9 Å². The fourth-order valence-corrected chi connectivity index (χ4v) is 5.80. The molecule has 0 aliphatic heterocycles. The maximum Gasteiger partial charge on any atom is 0.407 e. The summed E-state index contributed by atoms with van der Waals surface area (Å²) in [5.41, 5.74) is 11.5. The molecule has 0 radical (unpaired) electrons. The molecule has 5 N–H and O–H groups in total. The van der Waals surface area contributed by atoms with Gasteiger partial charge in [0.15, 0.2) is 11.6 Å². The van der Waals surface area contributed by atoms with Gasteiger partial charge < -0.3 is 30.9 Å². The number of phenolic OH excluding ortho intramolecular Hbond substituents is 1. The Morgan fingerprint density at radius 2 is 1.93 bits per heavy atom. The number of pyridine rings is 1. The second-order valence-electron chi connectivity index (χ2n) is 12.2. The summed E-state index contributed by atoms with van der Waals surface area (Å²) in [7, 11) is 1.58. The molecule has 1 saturated carbocycles. The molecular formula is C32H37ClFN7O4. The minimum absolute atomic E-state index is 0.0260. The van der Waals surface area contributed by atoms with Crippen molar-refractivity contribution in [3.8, 4) is 22.8 Å². The van der Waals surface area contributed by atoms with Crippen LogP contribution in [0.2, 0.25) is 5.02 Å². The predicted molar refractivity (Wildman–Crippen MR) is 172 cm³/mol. The highest BCUT2D eigenvalue weighted by atomic mass is 35.5. The second kappa shape index (κ2) is 12.4. The number of carbonyl (C=O) groups excluding carboxylic acids is 1. The molecule has 1 amide bonds. The molecule has 3 heterocycles. The first-order chi connectivity index (χ1) is 21.2. The van der Waals surface area contributed by atoms with Gasteiger partial charge in [-0.25, -0.2) is 23.7 Å². The van der Waals surface area contributed by atoms with Crippen LogP contribution < -0.4 is 21.1 Å². The zero-order valence-corrected chi connectivity index (χ0v) is 26.8. The Labute approximate surface area is 265 Å². The highest BCUT2D eigenvalue weighted by molar-refractivity contribution is 6.33. The van der Waals surface area contributed by atoms with Crippen molar-refractivity contribution < 1.29 is 23.8 Å². The van der Waals surface area contributed by atoms with Crippen molar-refractivity contribution in [2.45, 2.75) is 71.6 Å². The first-order valence-corrected chi connectivity index (χ1v) is 14.9. The van der Waals surface area contributed by atoms with E-state index in [0.717, 1.165) is 52.9 Å². The number of anilines is 1. The van der Waals surface area contributed by atoms with Crippen molar-refractivity contribution in [1.29, 1.82) is 0 Å². The van der Waals surface area contributed by atoms with Crippen molar-refractivity contribution in [2.75, 3.05) is 12.4 Å². The fraction of sp³-hybridized carbons (Fsp3) is 0.375. The second-order valence-corrected chi connectivity index (χ2v) is 12.6. The van der Waals surface area contributed by atoms with E-state index in [-0.39, 0.29) is 28.6 Å². The number of carbonyl (C=O) groups is 1. The van der Waals surface area contributed by atoms with Crippen LogP contribution in [0.15, 0.2) is 41.7 Å². The molecule has 2 atom stereocenters. The van der Waals surface area contributed by atoms with Gasteiger partial charge in [-0.3, -0.25) is 0 Å². The highest BCUT2D eigenvalue weighted by Crippen LogP contribution is 2.36. The summed E-state index contributed by atoms with van der Waals surface area (Å²) < 4.78 is 26.7. The van der Waals surface area contributed by atoms with Gasteiger partial charge in [-0.05, 0) is 65.5 Å². The molecule has 0 bridgehead atoms. The number of hydrogen-bond donors (Lipinski definition) is 4. The number of benzene rings is 1. The lowest BCUT2D eigenvalue weighted by Crippen LogP contribution is -2.38. The third kappa shape index (κ3) is 7.06. The molecule has 238 valence electrons. The Bertz CT molecular complexity index is 1780. The Balaban J connectivity index is 1.55. The molecule has 0 saturated heterocycles. The van der Waals surface area contributed by atoms with Crippen LogP contribution in [0.5, 0.6) is 11.6 Å². The molecule has 0 spiro atoms. The van der Waals surface area contributed by atoms with E-state index >= 15 is 0 Å². The van der Waals surface area contributed by atoms with Gasteiger partial charge in [0.2, 0.25) is 5.88 Å². The first kappa shape index (κ1) is 31.8. The van der Waals surface area contributed by atoms with Crippen molar-refractivity contribution in [3.05, 3.63) is 64.3 Å². The van der Waals surface area contributed by atoms with Crippen molar-refractivity contribution >= 4 is 40.4 Å². The monoisotopic (exact) mass is 637 g/mol. The number of methoxy groups -OCH3 is 1. The van der Waals surface area contributed by atoms with Gasteiger partial charge in [0.25, 0.3) is 0 Å².